The predicted molar refractivity (Wildman–Crippen MR) is 93.1 cm³/mol. The number of nitriles is 1. The van der Waals surface area contributed by atoms with Crippen molar-refractivity contribution in [2.24, 2.45) is 0 Å². The number of aromatic nitrogens is 2. The molecule has 0 atom stereocenters. The van der Waals surface area contributed by atoms with Gasteiger partial charge < -0.3 is 14.7 Å². The van der Waals surface area contributed by atoms with Gasteiger partial charge in [-0.2, -0.15) is 5.26 Å². The Labute approximate surface area is 144 Å². The number of pyridine rings is 1. The summed E-state index contributed by atoms with van der Waals surface area (Å²) in [6, 6.07) is 5.50. The first-order chi connectivity index (χ1) is 11.7. The second-order valence-electron chi connectivity index (χ2n) is 5.56. The van der Waals surface area contributed by atoms with Gasteiger partial charge >= 0.3 is 0 Å². The standard InChI is InChI=1S/C16H18N6OS/c1-20(14-3-2-13(10-17)11-19-14)12-15(23)21-5-7-22(8-6-21)16-18-4-9-24-16/h2-4,9,11H,5-8,12H2,1H3. The number of hydrogen-bond acceptors (Lipinski definition) is 7. The SMILES string of the molecule is CN(CC(=O)N1CCN(c2nccs2)CC1)c1ccc(C#N)cn1. The maximum atomic E-state index is 12.5. The van der Waals surface area contributed by atoms with Crippen LogP contribution < -0.4 is 9.80 Å². The molecule has 1 aliphatic rings. The molecular formula is C16H18N6OS. The molecule has 8 heteroatoms. The van der Waals surface area contributed by atoms with Gasteiger partial charge in [-0.1, -0.05) is 0 Å². The van der Waals surface area contributed by atoms with Crippen molar-refractivity contribution in [2.75, 3.05) is 49.6 Å². The summed E-state index contributed by atoms with van der Waals surface area (Å²) < 4.78 is 0. The maximum absolute atomic E-state index is 12.5. The van der Waals surface area contributed by atoms with Crippen molar-refractivity contribution >= 4 is 28.2 Å². The van der Waals surface area contributed by atoms with E-state index in [-0.39, 0.29) is 12.5 Å². The quantitative estimate of drug-likeness (QED) is 0.831. The molecule has 0 radical (unpaired) electrons. The first kappa shape index (κ1) is 16.2. The van der Waals surface area contributed by atoms with E-state index < -0.39 is 0 Å². The summed E-state index contributed by atoms with van der Waals surface area (Å²) in [4.78, 5) is 26.9. The molecule has 0 saturated carbocycles. The fourth-order valence-electron chi connectivity index (χ4n) is 2.58. The summed E-state index contributed by atoms with van der Waals surface area (Å²) in [5, 5.41) is 11.8. The van der Waals surface area contributed by atoms with Crippen molar-refractivity contribution in [3.8, 4) is 6.07 Å². The highest BCUT2D eigenvalue weighted by Crippen LogP contribution is 2.19. The van der Waals surface area contributed by atoms with E-state index in [1.54, 1.807) is 34.6 Å². The first-order valence-corrected chi connectivity index (χ1v) is 8.55. The van der Waals surface area contributed by atoms with E-state index in [2.05, 4.69) is 14.9 Å². The number of carbonyl (C=O) groups is 1. The molecule has 0 aliphatic carbocycles. The smallest absolute Gasteiger partial charge is 0.242 e. The highest BCUT2D eigenvalue weighted by molar-refractivity contribution is 7.13. The molecule has 0 spiro atoms. The van der Waals surface area contributed by atoms with E-state index in [0.29, 0.717) is 24.5 Å². The van der Waals surface area contributed by atoms with E-state index in [1.807, 2.05) is 23.4 Å². The number of thiazole rings is 1. The molecule has 0 bridgehead atoms. The number of piperazine rings is 1. The molecule has 0 unspecified atom stereocenters. The summed E-state index contributed by atoms with van der Waals surface area (Å²) in [5.74, 6) is 0.770. The third-order valence-corrected chi connectivity index (χ3v) is 4.79. The number of carbonyl (C=O) groups excluding carboxylic acids is 1. The van der Waals surface area contributed by atoms with Crippen LogP contribution in [0.4, 0.5) is 10.9 Å². The average molecular weight is 342 g/mol. The Kier molecular flexibility index (Phi) is 4.91. The van der Waals surface area contributed by atoms with Crippen LogP contribution >= 0.6 is 11.3 Å². The second kappa shape index (κ2) is 7.27. The van der Waals surface area contributed by atoms with Gasteiger partial charge in [0.25, 0.3) is 0 Å². The minimum absolute atomic E-state index is 0.0856. The van der Waals surface area contributed by atoms with E-state index >= 15 is 0 Å². The van der Waals surface area contributed by atoms with Crippen LogP contribution in [0, 0.1) is 11.3 Å². The zero-order valence-corrected chi connectivity index (χ0v) is 14.2. The Morgan fingerprint density at radius 1 is 1.33 bits per heavy atom. The van der Waals surface area contributed by atoms with Crippen LogP contribution in [0.1, 0.15) is 5.56 Å². The third kappa shape index (κ3) is 3.63. The summed E-state index contributed by atoms with van der Waals surface area (Å²) in [7, 11) is 1.83. The lowest BCUT2D eigenvalue weighted by atomic mass is 10.3. The first-order valence-electron chi connectivity index (χ1n) is 7.67. The van der Waals surface area contributed by atoms with Crippen molar-refractivity contribution in [3.05, 3.63) is 35.5 Å². The van der Waals surface area contributed by atoms with Gasteiger partial charge in [0, 0.05) is 51.0 Å². The van der Waals surface area contributed by atoms with Crippen LogP contribution in [-0.4, -0.2) is 60.5 Å². The van der Waals surface area contributed by atoms with Gasteiger partial charge in [-0.05, 0) is 12.1 Å². The van der Waals surface area contributed by atoms with E-state index in [0.717, 1.165) is 18.2 Å². The maximum Gasteiger partial charge on any atom is 0.242 e. The summed E-state index contributed by atoms with van der Waals surface area (Å²) in [6.45, 7) is 3.28. The number of anilines is 2. The van der Waals surface area contributed by atoms with Gasteiger partial charge in [0.2, 0.25) is 5.91 Å². The number of likely N-dealkylation sites (N-methyl/N-ethyl adjacent to an activating group) is 1. The van der Waals surface area contributed by atoms with Gasteiger partial charge in [-0.25, -0.2) is 9.97 Å². The second-order valence-corrected chi connectivity index (χ2v) is 6.43. The van der Waals surface area contributed by atoms with Crippen molar-refractivity contribution in [1.82, 2.24) is 14.9 Å². The third-order valence-electron chi connectivity index (χ3n) is 3.96. The number of hydrogen-bond donors (Lipinski definition) is 0. The lowest BCUT2D eigenvalue weighted by Gasteiger charge is -2.35. The Hall–Kier alpha value is -2.66. The largest absolute Gasteiger partial charge is 0.350 e. The molecule has 1 fully saturated rings. The summed E-state index contributed by atoms with van der Waals surface area (Å²) in [5.41, 5.74) is 0.511. The lowest BCUT2D eigenvalue weighted by Crippen LogP contribution is -2.51. The number of nitrogens with zero attached hydrogens (tertiary/aromatic N) is 6. The zero-order valence-electron chi connectivity index (χ0n) is 13.4. The molecule has 1 saturated heterocycles. The summed E-state index contributed by atoms with van der Waals surface area (Å²) >= 11 is 1.62. The molecule has 2 aromatic rings. The van der Waals surface area contributed by atoms with E-state index in [4.69, 9.17) is 5.26 Å². The fourth-order valence-corrected chi connectivity index (χ4v) is 3.28. The summed E-state index contributed by atoms with van der Waals surface area (Å²) in [6.07, 6.45) is 3.32. The highest BCUT2D eigenvalue weighted by Gasteiger charge is 2.23. The van der Waals surface area contributed by atoms with Crippen LogP contribution in [0.25, 0.3) is 0 Å². The zero-order chi connectivity index (χ0) is 16.9. The predicted octanol–water partition coefficient (Wildman–Crippen LogP) is 1.19. The lowest BCUT2D eigenvalue weighted by molar-refractivity contribution is -0.129. The van der Waals surface area contributed by atoms with Crippen LogP contribution in [0.2, 0.25) is 0 Å². The molecule has 2 aromatic heterocycles. The molecule has 0 aromatic carbocycles. The fraction of sp³-hybridized carbons (Fsp3) is 0.375. The van der Waals surface area contributed by atoms with Gasteiger partial charge in [0.15, 0.2) is 5.13 Å². The molecule has 124 valence electrons. The molecule has 1 amide bonds. The Morgan fingerprint density at radius 2 is 2.12 bits per heavy atom. The number of amides is 1. The van der Waals surface area contributed by atoms with Gasteiger partial charge in [0.1, 0.15) is 11.9 Å². The van der Waals surface area contributed by atoms with E-state index in [1.165, 1.54) is 6.20 Å². The van der Waals surface area contributed by atoms with Gasteiger partial charge in [-0.15, -0.1) is 11.3 Å². The Balaban J connectivity index is 1.52. The highest BCUT2D eigenvalue weighted by atomic mass is 32.1. The van der Waals surface area contributed by atoms with Crippen LogP contribution in [-0.2, 0) is 4.79 Å². The van der Waals surface area contributed by atoms with Gasteiger partial charge in [0.05, 0.1) is 12.1 Å². The molecule has 24 heavy (non-hydrogen) atoms. The van der Waals surface area contributed by atoms with Crippen LogP contribution in [0.3, 0.4) is 0 Å². The van der Waals surface area contributed by atoms with Crippen molar-refractivity contribution in [2.45, 2.75) is 0 Å². The Morgan fingerprint density at radius 3 is 2.71 bits per heavy atom. The minimum atomic E-state index is 0.0856. The minimum Gasteiger partial charge on any atom is -0.350 e. The normalized spacial score (nSPS) is 14.3. The monoisotopic (exact) mass is 342 g/mol. The van der Waals surface area contributed by atoms with Gasteiger partial charge in [-0.3, -0.25) is 4.79 Å². The van der Waals surface area contributed by atoms with Crippen molar-refractivity contribution in [1.29, 1.82) is 5.26 Å². The van der Waals surface area contributed by atoms with Crippen molar-refractivity contribution in [3.63, 3.8) is 0 Å². The number of rotatable bonds is 4. The van der Waals surface area contributed by atoms with Crippen molar-refractivity contribution < 1.29 is 4.79 Å². The molecule has 0 N–H and O–H groups in total. The van der Waals surface area contributed by atoms with Crippen LogP contribution in [0.15, 0.2) is 29.9 Å². The average Bonchev–Trinajstić information content (AvgIpc) is 3.16. The molecule has 3 heterocycles. The topological polar surface area (TPSA) is 76.4 Å². The van der Waals surface area contributed by atoms with Crippen LogP contribution in [0.5, 0.6) is 0 Å². The molecular weight excluding hydrogens is 324 g/mol. The van der Waals surface area contributed by atoms with E-state index in [9.17, 15) is 4.79 Å². The molecule has 3 rings (SSSR count). The molecule has 7 nitrogen and oxygen atoms in total. The Bertz CT molecular complexity index is 716. The molecule has 1 aliphatic heterocycles.